The van der Waals surface area contributed by atoms with E-state index in [1.807, 2.05) is 0 Å². The lowest BCUT2D eigenvalue weighted by atomic mass is 10.1. The number of nitrogens with zero attached hydrogens (tertiary/aromatic N) is 4. The van der Waals surface area contributed by atoms with Crippen LogP contribution in [0.2, 0.25) is 0 Å². The molecule has 1 aromatic carbocycles. The molecular formula is C11H14F2N6O. The minimum absolute atomic E-state index is 0.0835. The zero-order valence-corrected chi connectivity index (χ0v) is 10.5. The average molecular weight is 284 g/mol. The van der Waals surface area contributed by atoms with Crippen molar-refractivity contribution >= 4 is 11.4 Å². The standard InChI is InChI=1S/C11H14F2N6O/c12-10(13)6-20-2-1-19-11(16-17-18-19)7-3-8(14)5-9(15)4-7/h3-5,10H,1-2,6,14-15H2. The fourth-order valence-corrected chi connectivity index (χ4v) is 1.69. The van der Waals surface area contributed by atoms with Gasteiger partial charge in [0, 0.05) is 16.9 Å². The van der Waals surface area contributed by atoms with Crippen LogP contribution < -0.4 is 11.5 Å². The van der Waals surface area contributed by atoms with Gasteiger partial charge in [-0.1, -0.05) is 0 Å². The van der Waals surface area contributed by atoms with Crippen molar-refractivity contribution in [3.8, 4) is 11.4 Å². The molecule has 2 rings (SSSR count). The molecule has 4 N–H and O–H groups in total. The van der Waals surface area contributed by atoms with Crippen molar-refractivity contribution in [3.63, 3.8) is 0 Å². The average Bonchev–Trinajstić information content (AvgIpc) is 2.81. The molecule has 0 unspecified atom stereocenters. The third-order valence-corrected chi connectivity index (χ3v) is 2.46. The SMILES string of the molecule is Nc1cc(N)cc(-c2nnnn2CCOCC(F)F)c1. The van der Waals surface area contributed by atoms with Crippen molar-refractivity contribution in [1.82, 2.24) is 20.2 Å². The molecule has 0 saturated carbocycles. The van der Waals surface area contributed by atoms with Gasteiger partial charge in [0.15, 0.2) is 5.82 Å². The lowest BCUT2D eigenvalue weighted by Crippen LogP contribution is -2.12. The van der Waals surface area contributed by atoms with E-state index < -0.39 is 13.0 Å². The Balaban J connectivity index is 2.08. The van der Waals surface area contributed by atoms with Crippen molar-refractivity contribution in [2.24, 2.45) is 0 Å². The van der Waals surface area contributed by atoms with Crippen molar-refractivity contribution in [2.75, 3.05) is 24.7 Å². The summed E-state index contributed by atoms with van der Waals surface area (Å²) in [5, 5.41) is 11.2. The van der Waals surface area contributed by atoms with Crippen LogP contribution >= 0.6 is 0 Å². The summed E-state index contributed by atoms with van der Waals surface area (Å²) >= 11 is 0. The fourth-order valence-electron chi connectivity index (χ4n) is 1.69. The number of hydrogen-bond donors (Lipinski definition) is 2. The molecule has 0 aliphatic heterocycles. The molecule has 0 spiro atoms. The fraction of sp³-hybridized carbons (Fsp3) is 0.364. The highest BCUT2D eigenvalue weighted by Gasteiger charge is 2.10. The molecule has 0 radical (unpaired) electrons. The first-order chi connectivity index (χ1) is 9.56. The van der Waals surface area contributed by atoms with E-state index in [0.29, 0.717) is 22.8 Å². The molecule has 9 heteroatoms. The van der Waals surface area contributed by atoms with Gasteiger partial charge in [0.25, 0.3) is 6.43 Å². The summed E-state index contributed by atoms with van der Waals surface area (Å²) in [7, 11) is 0. The first-order valence-electron chi connectivity index (χ1n) is 5.84. The van der Waals surface area contributed by atoms with Crippen molar-refractivity contribution in [3.05, 3.63) is 18.2 Å². The molecule has 108 valence electrons. The van der Waals surface area contributed by atoms with Gasteiger partial charge in [-0.05, 0) is 28.6 Å². The summed E-state index contributed by atoms with van der Waals surface area (Å²) in [6.45, 7) is -0.271. The maximum atomic E-state index is 11.9. The molecule has 0 aliphatic rings. The Hall–Kier alpha value is -2.29. The zero-order valence-electron chi connectivity index (χ0n) is 10.5. The van der Waals surface area contributed by atoms with Crippen LogP contribution in [0.4, 0.5) is 20.2 Å². The quantitative estimate of drug-likeness (QED) is 0.600. The van der Waals surface area contributed by atoms with Gasteiger partial charge in [0.1, 0.15) is 6.61 Å². The summed E-state index contributed by atoms with van der Waals surface area (Å²) in [6, 6.07) is 4.97. The second-order valence-corrected chi connectivity index (χ2v) is 4.08. The van der Waals surface area contributed by atoms with Gasteiger partial charge in [-0.25, -0.2) is 13.5 Å². The van der Waals surface area contributed by atoms with Crippen molar-refractivity contribution in [1.29, 1.82) is 0 Å². The van der Waals surface area contributed by atoms with E-state index in [1.54, 1.807) is 18.2 Å². The molecule has 1 heterocycles. The van der Waals surface area contributed by atoms with Crippen LogP contribution in [0, 0.1) is 0 Å². The Morgan fingerprint density at radius 1 is 1.20 bits per heavy atom. The lowest BCUT2D eigenvalue weighted by molar-refractivity contribution is 0.0140. The Kier molecular flexibility index (Phi) is 4.41. The number of anilines is 2. The number of benzene rings is 1. The maximum Gasteiger partial charge on any atom is 0.261 e. The number of hydrogen-bond acceptors (Lipinski definition) is 6. The number of alkyl halides is 2. The Morgan fingerprint density at radius 3 is 2.55 bits per heavy atom. The Labute approximate surface area is 113 Å². The summed E-state index contributed by atoms with van der Waals surface area (Å²) in [5.41, 5.74) is 13.0. The molecule has 2 aromatic rings. The maximum absolute atomic E-state index is 11.9. The smallest absolute Gasteiger partial charge is 0.261 e. The molecule has 0 atom stereocenters. The molecule has 0 aliphatic carbocycles. The predicted molar refractivity (Wildman–Crippen MR) is 68.9 cm³/mol. The number of tetrazole rings is 1. The largest absolute Gasteiger partial charge is 0.399 e. The molecule has 0 fully saturated rings. The third-order valence-electron chi connectivity index (χ3n) is 2.46. The third kappa shape index (κ3) is 3.60. The molecule has 0 amide bonds. The van der Waals surface area contributed by atoms with Crippen LogP contribution in [0.5, 0.6) is 0 Å². The summed E-state index contributed by atoms with van der Waals surface area (Å²) in [4.78, 5) is 0. The Morgan fingerprint density at radius 2 is 1.90 bits per heavy atom. The van der Waals surface area contributed by atoms with E-state index in [1.165, 1.54) is 4.68 Å². The number of aromatic nitrogens is 4. The lowest BCUT2D eigenvalue weighted by Gasteiger charge is -2.07. The first-order valence-corrected chi connectivity index (χ1v) is 5.84. The van der Waals surface area contributed by atoms with Crippen LogP contribution in [-0.4, -0.2) is 39.8 Å². The van der Waals surface area contributed by atoms with E-state index in [0.717, 1.165) is 0 Å². The second kappa shape index (κ2) is 6.24. The number of ether oxygens (including phenoxy) is 1. The van der Waals surface area contributed by atoms with Gasteiger partial charge < -0.3 is 16.2 Å². The zero-order chi connectivity index (χ0) is 14.5. The van der Waals surface area contributed by atoms with E-state index >= 15 is 0 Å². The minimum Gasteiger partial charge on any atom is -0.399 e. The molecule has 0 saturated heterocycles. The van der Waals surface area contributed by atoms with Crippen LogP contribution in [0.1, 0.15) is 0 Å². The number of rotatable bonds is 6. The first kappa shape index (κ1) is 14.1. The van der Waals surface area contributed by atoms with Gasteiger partial charge in [0.2, 0.25) is 0 Å². The topological polar surface area (TPSA) is 105 Å². The van der Waals surface area contributed by atoms with Gasteiger partial charge in [0.05, 0.1) is 13.2 Å². The Bertz CT molecular complexity index is 554. The van der Waals surface area contributed by atoms with Crippen molar-refractivity contribution in [2.45, 2.75) is 13.0 Å². The van der Waals surface area contributed by atoms with E-state index in [2.05, 4.69) is 15.5 Å². The number of nitrogens with two attached hydrogens (primary N) is 2. The second-order valence-electron chi connectivity index (χ2n) is 4.08. The normalized spacial score (nSPS) is 11.2. The molecule has 0 bridgehead atoms. The van der Waals surface area contributed by atoms with Crippen molar-refractivity contribution < 1.29 is 13.5 Å². The summed E-state index contributed by atoms with van der Waals surface area (Å²) in [6.07, 6.45) is -2.49. The van der Waals surface area contributed by atoms with E-state index in [9.17, 15) is 8.78 Å². The van der Waals surface area contributed by atoms with Crippen LogP contribution in [0.25, 0.3) is 11.4 Å². The van der Waals surface area contributed by atoms with Gasteiger partial charge in [-0.3, -0.25) is 0 Å². The van der Waals surface area contributed by atoms with Crippen LogP contribution in [-0.2, 0) is 11.3 Å². The summed E-state index contributed by atoms with van der Waals surface area (Å²) < 4.78 is 30.1. The monoisotopic (exact) mass is 284 g/mol. The van der Waals surface area contributed by atoms with E-state index in [4.69, 9.17) is 16.2 Å². The molecular weight excluding hydrogens is 270 g/mol. The number of halogens is 2. The van der Waals surface area contributed by atoms with Gasteiger partial charge in [-0.15, -0.1) is 5.10 Å². The summed E-state index contributed by atoms with van der Waals surface area (Å²) in [5.74, 6) is 0.449. The molecule has 1 aromatic heterocycles. The predicted octanol–water partition coefficient (Wildman–Crippen LogP) is 0.786. The highest BCUT2D eigenvalue weighted by molar-refractivity contribution is 5.67. The molecule has 7 nitrogen and oxygen atoms in total. The van der Waals surface area contributed by atoms with Crippen LogP contribution in [0.15, 0.2) is 18.2 Å². The van der Waals surface area contributed by atoms with Crippen LogP contribution in [0.3, 0.4) is 0 Å². The van der Waals surface area contributed by atoms with Gasteiger partial charge >= 0.3 is 0 Å². The van der Waals surface area contributed by atoms with Gasteiger partial charge in [-0.2, -0.15) is 0 Å². The highest BCUT2D eigenvalue weighted by atomic mass is 19.3. The minimum atomic E-state index is -2.49. The van der Waals surface area contributed by atoms with E-state index in [-0.39, 0.29) is 13.2 Å². The molecule has 20 heavy (non-hydrogen) atoms. The number of nitrogen functional groups attached to an aromatic ring is 2. The highest BCUT2D eigenvalue weighted by Crippen LogP contribution is 2.22.